The highest BCUT2D eigenvalue weighted by molar-refractivity contribution is 6.67. The van der Waals surface area contributed by atoms with E-state index in [0.29, 0.717) is 5.69 Å². The summed E-state index contributed by atoms with van der Waals surface area (Å²) in [5.74, 6) is -0.467. The van der Waals surface area contributed by atoms with Gasteiger partial charge in [-0.1, -0.05) is 55.6 Å². The van der Waals surface area contributed by atoms with Gasteiger partial charge in [0.2, 0.25) is 3.79 Å². The predicted octanol–water partition coefficient (Wildman–Crippen LogP) is 4.73. The van der Waals surface area contributed by atoms with Gasteiger partial charge in [-0.2, -0.15) is 0 Å². The van der Waals surface area contributed by atoms with E-state index in [1.54, 1.807) is 0 Å². The maximum Gasteiger partial charge on any atom is 0.412 e. The molecule has 27 heavy (non-hydrogen) atoms. The van der Waals surface area contributed by atoms with Gasteiger partial charge in [0.05, 0.1) is 6.61 Å². The lowest BCUT2D eigenvalue weighted by Crippen LogP contribution is -2.31. The van der Waals surface area contributed by atoms with E-state index in [1.807, 2.05) is 20.8 Å². The molecule has 1 aromatic rings. The normalized spacial score (nSPS) is 12.5. The summed E-state index contributed by atoms with van der Waals surface area (Å²) in [5.41, 5.74) is 0.171. The lowest BCUT2D eigenvalue weighted by Gasteiger charge is -2.20. The van der Waals surface area contributed by atoms with Crippen LogP contribution in [0.2, 0.25) is 0 Å². The largest absolute Gasteiger partial charge is 0.445 e. The number of hydrogen-bond acceptors (Lipinski definition) is 5. The van der Waals surface area contributed by atoms with Gasteiger partial charge in [-0.25, -0.2) is 9.18 Å². The summed E-state index contributed by atoms with van der Waals surface area (Å²) in [6.45, 7) is 4.51. The smallest absolute Gasteiger partial charge is 0.412 e. The lowest BCUT2D eigenvalue weighted by atomic mass is 9.90. The lowest BCUT2D eigenvalue weighted by molar-refractivity contribution is 0.151. The zero-order chi connectivity index (χ0) is 20.8. The van der Waals surface area contributed by atoms with E-state index in [4.69, 9.17) is 44.9 Å². The second kappa shape index (κ2) is 9.59. The van der Waals surface area contributed by atoms with Gasteiger partial charge in [-0.05, 0) is 18.2 Å². The fourth-order valence-electron chi connectivity index (χ4n) is 1.69. The molecule has 150 valence electrons. The summed E-state index contributed by atoms with van der Waals surface area (Å²) in [6, 6.07) is 3.96. The highest BCUT2D eigenvalue weighted by atomic mass is 35.6. The van der Waals surface area contributed by atoms with Crippen LogP contribution < -0.4 is 10.6 Å². The fraction of sp³-hybridized carbons (Fsp3) is 0.412. The molecular formula is C17H21Cl3FN3O3. The Kier molecular flexibility index (Phi) is 8.35. The Morgan fingerprint density at radius 3 is 2.48 bits per heavy atom. The highest BCUT2D eigenvalue weighted by Crippen LogP contribution is 2.26. The topological polar surface area (TPSA) is 94.4 Å². The van der Waals surface area contributed by atoms with Crippen LogP contribution in [0.25, 0.3) is 0 Å². The monoisotopic (exact) mass is 439 g/mol. The van der Waals surface area contributed by atoms with Crippen molar-refractivity contribution in [1.29, 1.82) is 5.41 Å². The molecule has 0 saturated heterocycles. The molecule has 4 N–H and O–H groups in total. The molecule has 1 aromatic carbocycles. The maximum absolute atomic E-state index is 13.5. The molecule has 6 nitrogen and oxygen atoms in total. The number of aliphatic hydroxyl groups excluding tert-OH is 1. The standard InChI is InChI=1S/C17H21Cl3FN3O3/c1-16(2,3)13(22)7-14(24-15(26)27-9-17(18,19)20)23-11-4-5-12(21)10(6-11)8-25/h4-7,22-23,25H,8-9H2,1-3H3,(H,24,26)/b14-7+,22-13?. The average molecular weight is 441 g/mol. The maximum atomic E-state index is 13.5. The molecule has 0 aliphatic carbocycles. The summed E-state index contributed by atoms with van der Waals surface area (Å²) < 4.78 is 16.6. The number of amides is 1. The summed E-state index contributed by atoms with van der Waals surface area (Å²) in [7, 11) is 0. The minimum atomic E-state index is -1.76. The van der Waals surface area contributed by atoms with E-state index in [-0.39, 0.29) is 17.1 Å². The number of carbonyl (C=O) groups is 1. The number of alkyl carbamates (subject to hydrolysis) is 1. The third-order valence-electron chi connectivity index (χ3n) is 3.20. The van der Waals surface area contributed by atoms with Crippen LogP contribution in [0.4, 0.5) is 14.9 Å². The number of aliphatic hydroxyl groups is 1. The number of ether oxygens (including phenoxy) is 1. The Labute approximate surface area is 172 Å². The van der Waals surface area contributed by atoms with Crippen LogP contribution in [-0.4, -0.2) is 27.3 Å². The molecule has 10 heteroatoms. The molecule has 0 spiro atoms. The second-order valence-electron chi connectivity index (χ2n) is 6.63. The van der Waals surface area contributed by atoms with E-state index >= 15 is 0 Å². The SMILES string of the molecule is CC(C)(C)C(=N)/C=C(/NC(=O)OCC(Cl)(Cl)Cl)Nc1ccc(F)c(CO)c1. The van der Waals surface area contributed by atoms with E-state index in [1.165, 1.54) is 24.3 Å². The number of alkyl halides is 3. The van der Waals surface area contributed by atoms with Crippen molar-refractivity contribution in [2.45, 2.75) is 31.2 Å². The first kappa shape index (κ1) is 23.5. The van der Waals surface area contributed by atoms with Crippen molar-refractivity contribution in [3.63, 3.8) is 0 Å². The Hall–Kier alpha value is -1.54. The summed E-state index contributed by atoms with van der Waals surface area (Å²) in [5, 5.41) is 22.6. The summed E-state index contributed by atoms with van der Waals surface area (Å²) in [6.07, 6.45) is 0.477. The Balaban J connectivity index is 3.03. The molecule has 0 atom stereocenters. The first-order valence-corrected chi connectivity index (χ1v) is 8.93. The van der Waals surface area contributed by atoms with Crippen molar-refractivity contribution in [3.05, 3.63) is 41.5 Å². The number of rotatable bonds is 6. The highest BCUT2D eigenvalue weighted by Gasteiger charge is 2.23. The molecule has 0 unspecified atom stereocenters. The predicted molar refractivity (Wildman–Crippen MR) is 106 cm³/mol. The minimum Gasteiger partial charge on any atom is -0.445 e. The molecule has 1 amide bonds. The third-order valence-corrected chi connectivity index (χ3v) is 3.52. The third kappa shape index (κ3) is 8.79. The number of hydrogen-bond donors (Lipinski definition) is 4. The van der Waals surface area contributed by atoms with Crippen molar-refractivity contribution < 1.29 is 19.0 Å². The fourth-order valence-corrected chi connectivity index (χ4v) is 1.85. The zero-order valence-electron chi connectivity index (χ0n) is 15.0. The molecule has 0 saturated carbocycles. The van der Waals surface area contributed by atoms with Gasteiger partial charge < -0.3 is 20.6 Å². The first-order chi connectivity index (χ1) is 12.3. The Morgan fingerprint density at radius 2 is 1.96 bits per heavy atom. The molecule has 0 aromatic heterocycles. The Morgan fingerprint density at radius 1 is 1.33 bits per heavy atom. The molecule has 0 radical (unpaired) electrons. The van der Waals surface area contributed by atoms with Crippen LogP contribution in [0.15, 0.2) is 30.1 Å². The van der Waals surface area contributed by atoms with Crippen molar-refractivity contribution in [2.24, 2.45) is 5.41 Å². The molecule has 0 aliphatic rings. The number of halogens is 4. The van der Waals surface area contributed by atoms with Gasteiger partial charge in [0.1, 0.15) is 18.2 Å². The van der Waals surface area contributed by atoms with Crippen LogP contribution in [0.5, 0.6) is 0 Å². The molecule has 0 aliphatic heterocycles. The van der Waals surface area contributed by atoms with Gasteiger partial charge in [0, 0.05) is 28.5 Å². The minimum absolute atomic E-state index is 0.0732. The van der Waals surface area contributed by atoms with Gasteiger partial charge >= 0.3 is 6.09 Å². The van der Waals surface area contributed by atoms with Crippen LogP contribution in [-0.2, 0) is 11.3 Å². The van der Waals surface area contributed by atoms with Crippen molar-refractivity contribution in [1.82, 2.24) is 5.32 Å². The average Bonchev–Trinajstić information content (AvgIpc) is 2.53. The molecule has 0 heterocycles. The van der Waals surface area contributed by atoms with E-state index in [2.05, 4.69) is 10.6 Å². The number of nitrogens with one attached hydrogen (secondary N) is 3. The van der Waals surface area contributed by atoms with Gasteiger partial charge in [0.15, 0.2) is 0 Å². The van der Waals surface area contributed by atoms with Crippen molar-refractivity contribution >= 4 is 52.3 Å². The molecule has 1 rings (SSSR count). The summed E-state index contributed by atoms with van der Waals surface area (Å²) >= 11 is 16.6. The number of anilines is 1. The zero-order valence-corrected chi connectivity index (χ0v) is 17.3. The van der Waals surface area contributed by atoms with Gasteiger partial charge in [-0.3, -0.25) is 5.32 Å². The molecular weight excluding hydrogens is 420 g/mol. The molecule has 0 bridgehead atoms. The van der Waals surface area contributed by atoms with E-state index < -0.39 is 34.3 Å². The van der Waals surface area contributed by atoms with Crippen molar-refractivity contribution in [3.8, 4) is 0 Å². The quantitative estimate of drug-likeness (QED) is 0.380. The van der Waals surface area contributed by atoms with Gasteiger partial charge in [0.25, 0.3) is 0 Å². The van der Waals surface area contributed by atoms with Crippen LogP contribution >= 0.6 is 34.8 Å². The second-order valence-corrected chi connectivity index (χ2v) is 9.14. The van der Waals surface area contributed by atoms with Gasteiger partial charge in [-0.15, -0.1) is 0 Å². The number of allylic oxidation sites excluding steroid dienone is 1. The Bertz CT molecular complexity index is 728. The van der Waals surface area contributed by atoms with Crippen molar-refractivity contribution in [2.75, 3.05) is 11.9 Å². The number of benzene rings is 1. The van der Waals surface area contributed by atoms with E-state index in [9.17, 15) is 14.3 Å². The first-order valence-electron chi connectivity index (χ1n) is 7.79. The van der Waals surface area contributed by atoms with E-state index in [0.717, 1.165) is 0 Å². The number of carbonyl (C=O) groups excluding carboxylic acids is 1. The molecule has 0 fully saturated rings. The van der Waals surface area contributed by atoms with Crippen LogP contribution in [0.1, 0.15) is 26.3 Å². The summed E-state index contributed by atoms with van der Waals surface area (Å²) in [4.78, 5) is 11.9. The van der Waals surface area contributed by atoms with Crippen LogP contribution in [0, 0.1) is 16.6 Å². The van der Waals surface area contributed by atoms with Crippen LogP contribution in [0.3, 0.4) is 0 Å².